The van der Waals surface area contributed by atoms with E-state index in [1.807, 2.05) is 4.90 Å². The molecule has 0 unspecified atom stereocenters. The second-order valence-electron chi connectivity index (χ2n) is 8.74. The molecular formula is C25H31BrN2O4. The predicted molar refractivity (Wildman–Crippen MR) is 127 cm³/mol. The van der Waals surface area contributed by atoms with Crippen LogP contribution in [0, 0.1) is 0 Å². The second kappa shape index (κ2) is 9.79. The lowest BCUT2D eigenvalue weighted by molar-refractivity contribution is -0.136. The Balaban J connectivity index is 1.59. The molecular weight excluding hydrogens is 472 g/mol. The van der Waals surface area contributed by atoms with Crippen LogP contribution in [0.15, 0.2) is 45.5 Å². The van der Waals surface area contributed by atoms with Crippen molar-refractivity contribution < 1.29 is 19.1 Å². The maximum Gasteiger partial charge on any atom is 0.407 e. The van der Waals surface area contributed by atoms with E-state index in [4.69, 9.17) is 9.47 Å². The third-order valence-corrected chi connectivity index (χ3v) is 7.56. The van der Waals surface area contributed by atoms with E-state index in [0.29, 0.717) is 6.54 Å². The molecule has 32 heavy (non-hydrogen) atoms. The van der Waals surface area contributed by atoms with Gasteiger partial charge in [-0.05, 0) is 85.4 Å². The number of alkyl carbamates (subject to hydrolysis) is 1. The molecule has 2 aliphatic carbocycles. The number of ether oxygens (including phenoxy) is 2. The number of fused-ring (bicyclic) bond motifs is 1. The summed E-state index contributed by atoms with van der Waals surface area (Å²) < 4.78 is 11.2. The summed E-state index contributed by atoms with van der Waals surface area (Å²) in [6.07, 6.45) is 5.10. The van der Waals surface area contributed by atoms with E-state index in [1.54, 1.807) is 14.0 Å². The van der Waals surface area contributed by atoms with Crippen molar-refractivity contribution in [3.05, 3.63) is 51.0 Å². The van der Waals surface area contributed by atoms with Gasteiger partial charge in [-0.15, -0.1) is 0 Å². The number of nitrogens with zero attached hydrogens (tertiary/aromatic N) is 1. The number of allylic oxidation sites excluding steroid dienone is 3. The number of halogens is 1. The fourth-order valence-electron chi connectivity index (χ4n) is 5.35. The number of carbonyl (C=O) groups is 2. The number of carbonyl (C=O) groups excluding carboxylic acids is 2. The van der Waals surface area contributed by atoms with Crippen LogP contribution >= 0.6 is 15.9 Å². The van der Waals surface area contributed by atoms with Crippen LogP contribution < -0.4 is 5.32 Å². The van der Waals surface area contributed by atoms with Gasteiger partial charge < -0.3 is 19.7 Å². The SMILES string of the molecule is COC(=O)N[C@H](C(=O)N1CCC[C@H]1C1=C2CCCC2=C(c2ccc(Br)cc2)C1)[C@@H](C)OC. The third kappa shape index (κ3) is 4.37. The highest BCUT2D eigenvalue weighted by atomic mass is 79.9. The maximum atomic E-state index is 13.6. The van der Waals surface area contributed by atoms with Crippen LogP contribution in [0.25, 0.3) is 5.57 Å². The van der Waals surface area contributed by atoms with Crippen LogP contribution in [0.5, 0.6) is 0 Å². The van der Waals surface area contributed by atoms with E-state index in [9.17, 15) is 9.59 Å². The first-order chi connectivity index (χ1) is 15.4. The summed E-state index contributed by atoms with van der Waals surface area (Å²) >= 11 is 3.53. The lowest BCUT2D eigenvalue weighted by Crippen LogP contribution is -2.55. The zero-order valence-electron chi connectivity index (χ0n) is 18.9. The van der Waals surface area contributed by atoms with E-state index in [0.717, 1.165) is 36.6 Å². The van der Waals surface area contributed by atoms with Crippen molar-refractivity contribution >= 4 is 33.5 Å². The monoisotopic (exact) mass is 502 g/mol. The minimum Gasteiger partial charge on any atom is -0.453 e. The molecule has 2 amide bonds. The third-order valence-electron chi connectivity index (χ3n) is 7.03. The van der Waals surface area contributed by atoms with Crippen molar-refractivity contribution in [3.63, 3.8) is 0 Å². The zero-order valence-corrected chi connectivity index (χ0v) is 20.5. The molecule has 7 heteroatoms. The molecule has 3 aliphatic rings. The summed E-state index contributed by atoms with van der Waals surface area (Å²) in [6.45, 7) is 2.49. The zero-order chi connectivity index (χ0) is 22.8. The summed E-state index contributed by atoms with van der Waals surface area (Å²) in [6, 6.07) is 7.84. The number of rotatable bonds is 6. The molecule has 0 aromatic heterocycles. The summed E-state index contributed by atoms with van der Waals surface area (Å²) in [4.78, 5) is 27.4. The number of likely N-dealkylation sites (tertiary alicyclic amines) is 1. The van der Waals surface area contributed by atoms with Crippen molar-refractivity contribution in [2.24, 2.45) is 0 Å². The van der Waals surface area contributed by atoms with Crippen LogP contribution in [-0.2, 0) is 14.3 Å². The molecule has 1 heterocycles. The molecule has 1 aromatic rings. The van der Waals surface area contributed by atoms with Gasteiger partial charge in [0.15, 0.2) is 0 Å². The van der Waals surface area contributed by atoms with Gasteiger partial charge in [-0.25, -0.2) is 4.79 Å². The molecule has 6 nitrogen and oxygen atoms in total. The highest BCUT2D eigenvalue weighted by Gasteiger charge is 2.41. The van der Waals surface area contributed by atoms with E-state index in [1.165, 1.54) is 41.4 Å². The number of benzene rings is 1. The number of amides is 2. The molecule has 1 saturated heterocycles. The van der Waals surface area contributed by atoms with Crippen molar-refractivity contribution in [2.45, 2.75) is 63.6 Å². The second-order valence-corrected chi connectivity index (χ2v) is 9.66. The Morgan fingerprint density at radius 2 is 1.81 bits per heavy atom. The smallest absolute Gasteiger partial charge is 0.407 e. The Morgan fingerprint density at radius 3 is 2.50 bits per heavy atom. The Labute approximate surface area is 198 Å². The highest BCUT2D eigenvalue weighted by molar-refractivity contribution is 9.10. The van der Waals surface area contributed by atoms with Crippen molar-refractivity contribution in [2.75, 3.05) is 20.8 Å². The lowest BCUT2D eigenvalue weighted by atomic mass is 9.95. The highest BCUT2D eigenvalue weighted by Crippen LogP contribution is 2.49. The molecule has 0 spiro atoms. The summed E-state index contributed by atoms with van der Waals surface area (Å²) in [5, 5.41) is 2.68. The number of nitrogens with one attached hydrogen (secondary N) is 1. The predicted octanol–water partition coefficient (Wildman–Crippen LogP) is 4.84. The molecule has 2 fully saturated rings. The molecule has 0 radical (unpaired) electrons. The van der Waals surface area contributed by atoms with Crippen molar-refractivity contribution in [1.82, 2.24) is 10.2 Å². The Bertz CT molecular complexity index is 953. The van der Waals surface area contributed by atoms with Crippen LogP contribution in [0.1, 0.15) is 51.0 Å². The standard InChI is InChI=1S/C25H31BrN2O4/c1-15(31-2)23(27-25(30)32-3)24(29)28-13-5-8-22(28)21-14-20(18-6-4-7-19(18)21)16-9-11-17(26)12-10-16/h9-12,15,22-23H,4-8,13-14H2,1-3H3,(H,27,30)/t15-,22+,23+/m1/s1. The van der Waals surface area contributed by atoms with Crippen LogP contribution in [0.3, 0.4) is 0 Å². The van der Waals surface area contributed by atoms with Crippen LogP contribution in [-0.4, -0.2) is 55.9 Å². The van der Waals surface area contributed by atoms with Crippen LogP contribution in [0.4, 0.5) is 4.79 Å². The molecule has 4 rings (SSSR count). The minimum absolute atomic E-state index is 0.0737. The largest absolute Gasteiger partial charge is 0.453 e. The molecule has 1 aromatic carbocycles. The maximum absolute atomic E-state index is 13.6. The van der Waals surface area contributed by atoms with Gasteiger partial charge >= 0.3 is 6.09 Å². The molecule has 3 atom stereocenters. The van der Waals surface area contributed by atoms with Crippen LogP contribution in [0.2, 0.25) is 0 Å². The van der Waals surface area contributed by atoms with Crippen molar-refractivity contribution in [1.29, 1.82) is 0 Å². The van der Waals surface area contributed by atoms with Gasteiger partial charge in [0.05, 0.1) is 19.3 Å². The topological polar surface area (TPSA) is 67.9 Å². The molecule has 172 valence electrons. The van der Waals surface area contributed by atoms with Crippen molar-refractivity contribution in [3.8, 4) is 0 Å². The van der Waals surface area contributed by atoms with E-state index >= 15 is 0 Å². The van der Waals surface area contributed by atoms with Gasteiger partial charge in [0.2, 0.25) is 5.91 Å². The van der Waals surface area contributed by atoms with Gasteiger partial charge in [0.1, 0.15) is 6.04 Å². The molecule has 0 bridgehead atoms. The average molecular weight is 503 g/mol. The first kappa shape index (κ1) is 23.1. The van der Waals surface area contributed by atoms with Gasteiger partial charge in [-0.2, -0.15) is 0 Å². The quantitative estimate of drug-likeness (QED) is 0.604. The Kier molecular flexibility index (Phi) is 7.05. The summed E-state index contributed by atoms with van der Waals surface area (Å²) in [5.74, 6) is -0.100. The van der Waals surface area contributed by atoms with E-state index in [-0.39, 0.29) is 11.9 Å². The Hall–Kier alpha value is -2.12. The molecule has 1 saturated carbocycles. The van der Waals surface area contributed by atoms with Gasteiger partial charge in [-0.1, -0.05) is 28.1 Å². The fraction of sp³-hybridized carbons (Fsp3) is 0.520. The number of hydrogen-bond donors (Lipinski definition) is 1. The summed E-state index contributed by atoms with van der Waals surface area (Å²) in [7, 11) is 2.85. The van der Waals surface area contributed by atoms with Gasteiger partial charge in [0, 0.05) is 18.1 Å². The Morgan fingerprint density at radius 1 is 1.09 bits per heavy atom. The summed E-state index contributed by atoms with van der Waals surface area (Å²) in [5.41, 5.74) is 7.02. The molecule has 1 aliphatic heterocycles. The number of hydrogen-bond acceptors (Lipinski definition) is 4. The van der Waals surface area contributed by atoms with E-state index < -0.39 is 18.2 Å². The van der Waals surface area contributed by atoms with Gasteiger partial charge in [0.25, 0.3) is 0 Å². The minimum atomic E-state index is -0.776. The van der Waals surface area contributed by atoms with Gasteiger partial charge in [-0.3, -0.25) is 4.79 Å². The fourth-order valence-corrected chi connectivity index (χ4v) is 5.62. The average Bonchev–Trinajstić information content (AvgIpc) is 3.53. The van der Waals surface area contributed by atoms with E-state index in [2.05, 4.69) is 45.5 Å². The number of methoxy groups -OCH3 is 2. The molecule has 1 N–H and O–H groups in total. The first-order valence-corrected chi connectivity index (χ1v) is 12.1. The normalized spacial score (nSPS) is 22.2. The lowest BCUT2D eigenvalue weighted by Gasteiger charge is -2.32. The first-order valence-electron chi connectivity index (χ1n) is 11.3.